The lowest BCUT2D eigenvalue weighted by Gasteiger charge is -2.19. The predicted octanol–water partition coefficient (Wildman–Crippen LogP) is 1.19. The van der Waals surface area contributed by atoms with E-state index in [9.17, 15) is 8.42 Å². The lowest BCUT2D eigenvalue weighted by molar-refractivity contribution is 0.283. The van der Waals surface area contributed by atoms with Gasteiger partial charge in [0.25, 0.3) is 0 Å². The van der Waals surface area contributed by atoms with E-state index in [1.54, 1.807) is 24.3 Å². The number of benzene rings is 1. The smallest absolute Gasteiger partial charge is 0.240 e. The second-order valence-electron chi connectivity index (χ2n) is 4.41. The zero-order valence-corrected chi connectivity index (χ0v) is 12.3. The van der Waals surface area contributed by atoms with E-state index in [1.807, 2.05) is 7.05 Å². The molecule has 0 radical (unpaired) electrons. The van der Waals surface area contributed by atoms with Crippen molar-refractivity contribution in [2.45, 2.75) is 24.2 Å². The van der Waals surface area contributed by atoms with E-state index in [2.05, 4.69) is 9.62 Å². The van der Waals surface area contributed by atoms with Crippen LogP contribution in [0, 0.1) is 0 Å². The Balaban J connectivity index is 2.61. The van der Waals surface area contributed by atoms with Crippen molar-refractivity contribution in [2.24, 2.45) is 0 Å². The SMILES string of the molecule is CNS(=O)(=O)c1ccc(N(C)CCCCCO)cc1. The van der Waals surface area contributed by atoms with E-state index in [0.29, 0.717) is 0 Å². The van der Waals surface area contributed by atoms with Gasteiger partial charge in [0.1, 0.15) is 0 Å². The monoisotopic (exact) mass is 286 g/mol. The molecule has 1 aromatic carbocycles. The van der Waals surface area contributed by atoms with Crippen LogP contribution < -0.4 is 9.62 Å². The first-order valence-corrected chi connectivity index (χ1v) is 7.85. The van der Waals surface area contributed by atoms with Crippen molar-refractivity contribution < 1.29 is 13.5 Å². The van der Waals surface area contributed by atoms with Gasteiger partial charge in [-0.15, -0.1) is 0 Å². The molecular formula is C13H22N2O3S. The van der Waals surface area contributed by atoms with Crippen LogP contribution in [0.4, 0.5) is 5.69 Å². The van der Waals surface area contributed by atoms with Crippen LogP contribution in [0.15, 0.2) is 29.2 Å². The Morgan fingerprint density at radius 1 is 1.16 bits per heavy atom. The molecule has 108 valence electrons. The molecule has 0 aliphatic carbocycles. The maximum atomic E-state index is 11.6. The summed E-state index contributed by atoms with van der Waals surface area (Å²) in [5.74, 6) is 0. The van der Waals surface area contributed by atoms with Crippen molar-refractivity contribution in [3.63, 3.8) is 0 Å². The third-order valence-electron chi connectivity index (χ3n) is 3.01. The molecule has 0 atom stereocenters. The molecule has 0 bridgehead atoms. The standard InChI is InChI=1S/C13H22N2O3S/c1-14-19(17,18)13-8-6-12(7-9-13)15(2)10-4-3-5-11-16/h6-9,14,16H,3-5,10-11H2,1-2H3. The van der Waals surface area contributed by atoms with E-state index >= 15 is 0 Å². The Morgan fingerprint density at radius 3 is 2.32 bits per heavy atom. The summed E-state index contributed by atoms with van der Waals surface area (Å²) in [6.07, 6.45) is 2.83. The average Bonchev–Trinajstić information content (AvgIpc) is 2.43. The maximum absolute atomic E-state index is 11.6. The van der Waals surface area contributed by atoms with Crippen molar-refractivity contribution in [1.82, 2.24) is 4.72 Å². The van der Waals surface area contributed by atoms with Crippen LogP contribution in [-0.4, -0.2) is 40.8 Å². The molecule has 6 heteroatoms. The maximum Gasteiger partial charge on any atom is 0.240 e. The number of hydrogen-bond donors (Lipinski definition) is 2. The fraction of sp³-hybridized carbons (Fsp3) is 0.538. The first kappa shape index (κ1) is 15.9. The average molecular weight is 286 g/mol. The molecule has 0 aliphatic rings. The lowest BCUT2D eigenvalue weighted by Crippen LogP contribution is -2.20. The first-order valence-electron chi connectivity index (χ1n) is 6.37. The molecule has 5 nitrogen and oxygen atoms in total. The lowest BCUT2D eigenvalue weighted by atomic mass is 10.2. The normalized spacial score (nSPS) is 11.5. The van der Waals surface area contributed by atoms with Gasteiger partial charge in [0.05, 0.1) is 4.90 Å². The Kier molecular flexibility index (Phi) is 6.27. The molecule has 19 heavy (non-hydrogen) atoms. The number of sulfonamides is 1. The number of rotatable bonds is 8. The molecule has 1 aromatic rings. The Labute approximate surface area is 115 Å². The quantitative estimate of drug-likeness (QED) is 0.704. The number of nitrogens with zero attached hydrogens (tertiary/aromatic N) is 1. The van der Waals surface area contributed by atoms with Crippen LogP contribution in [0.5, 0.6) is 0 Å². The van der Waals surface area contributed by atoms with Crippen LogP contribution in [-0.2, 0) is 10.0 Å². The topological polar surface area (TPSA) is 69.6 Å². The molecule has 0 heterocycles. The summed E-state index contributed by atoms with van der Waals surface area (Å²) in [4.78, 5) is 2.35. The second kappa shape index (κ2) is 7.47. The van der Waals surface area contributed by atoms with E-state index < -0.39 is 10.0 Å². The molecule has 0 aromatic heterocycles. The highest BCUT2D eigenvalue weighted by Gasteiger charge is 2.11. The highest BCUT2D eigenvalue weighted by Crippen LogP contribution is 2.17. The number of aliphatic hydroxyl groups excluding tert-OH is 1. The molecule has 0 saturated heterocycles. The number of hydrogen-bond acceptors (Lipinski definition) is 4. The minimum atomic E-state index is -3.36. The summed E-state index contributed by atoms with van der Waals surface area (Å²) in [7, 11) is 0.0108. The summed E-state index contributed by atoms with van der Waals surface area (Å²) in [6.45, 7) is 1.12. The van der Waals surface area contributed by atoms with Crippen LogP contribution in [0.3, 0.4) is 0 Å². The third kappa shape index (κ3) is 4.81. The van der Waals surface area contributed by atoms with Gasteiger partial charge in [-0.05, 0) is 50.6 Å². The minimum Gasteiger partial charge on any atom is -0.396 e. The molecule has 1 rings (SSSR count). The summed E-state index contributed by atoms with van der Waals surface area (Å²) in [5.41, 5.74) is 0.985. The Morgan fingerprint density at radius 2 is 1.79 bits per heavy atom. The number of anilines is 1. The fourth-order valence-electron chi connectivity index (χ4n) is 1.76. The molecule has 0 spiro atoms. The highest BCUT2D eigenvalue weighted by atomic mass is 32.2. The van der Waals surface area contributed by atoms with E-state index in [-0.39, 0.29) is 11.5 Å². The van der Waals surface area contributed by atoms with Crippen molar-refractivity contribution in [3.05, 3.63) is 24.3 Å². The predicted molar refractivity (Wildman–Crippen MR) is 76.9 cm³/mol. The zero-order chi connectivity index (χ0) is 14.3. The second-order valence-corrected chi connectivity index (χ2v) is 6.29. The Bertz CT molecular complexity index is 471. The van der Waals surface area contributed by atoms with Crippen molar-refractivity contribution in [1.29, 1.82) is 0 Å². The van der Waals surface area contributed by atoms with Crippen LogP contribution in [0.1, 0.15) is 19.3 Å². The van der Waals surface area contributed by atoms with Gasteiger partial charge in [-0.2, -0.15) is 0 Å². The molecule has 0 fully saturated rings. The fourth-order valence-corrected chi connectivity index (χ4v) is 2.49. The van der Waals surface area contributed by atoms with Crippen LogP contribution in [0.2, 0.25) is 0 Å². The van der Waals surface area contributed by atoms with Gasteiger partial charge in [0.15, 0.2) is 0 Å². The molecule has 0 amide bonds. The van der Waals surface area contributed by atoms with Crippen LogP contribution in [0.25, 0.3) is 0 Å². The van der Waals surface area contributed by atoms with Crippen molar-refractivity contribution >= 4 is 15.7 Å². The van der Waals surface area contributed by atoms with E-state index in [4.69, 9.17) is 5.11 Å². The summed E-state index contributed by atoms with van der Waals surface area (Å²) < 4.78 is 25.4. The van der Waals surface area contributed by atoms with E-state index in [0.717, 1.165) is 31.5 Å². The number of nitrogens with one attached hydrogen (secondary N) is 1. The van der Waals surface area contributed by atoms with E-state index in [1.165, 1.54) is 7.05 Å². The number of aliphatic hydroxyl groups is 1. The molecule has 0 saturated carbocycles. The molecule has 0 aliphatic heterocycles. The van der Waals surface area contributed by atoms with Gasteiger partial charge in [-0.3, -0.25) is 0 Å². The highest BCUT2D eigenvalue weighted by molar-refractivity contribution is 7.89. The van der Waals surface area contributed by atoms with Gasteiger partial charge in [0.2, 0.25) is 10.0 Å². The number of unbranched alkanes of at least 4 members (excludes halogenated alkanes) is 2. The van der Waals surface area contributed by atoms with Gasteiger partial charge in [0, 0.05) is 25.9 Å². The third-order valence-corrected chi connectivity index (χ3v) is 4.44. The van der Waals surface area contributed by atoms with Gasteiger partial charge < -0.3 is 10.0 Å². The summed E-state index contributed by atoms with van der Waals surface area (Å²) in [5, 5.41) is 8.70. The molecule has 0 unspecified atom stereocenters. The summed E-state index contributed by atoms with van der Waals surface area (Å²) >= 11 is 0. The van der Waals surface area contributed by atoms with Crippen molar-refractivity contribution in [2.75, 3.05) is 32.1 Å². The van der Waals surface area contributed by atoms with Gasteiger partial charge in [-0.1, -0.05) is 0 Å². The first-order chi connectivity index (χ1) is 9.01. The van der Waals surface area contributed by atoms with Crippen LogP contribution >= 0.6 is 0 Å². The van der Waals surface area contributed by atoms with Gasteiger partial charge >= 0.3 is 0 Å². The van der Waals surface area contributed by atoms with Crippen molar-refractivity contribution in [3.8, 4) is 0 Å². The minimum absolute atomic E-state index is 0.236. The van der Waals surface area contributed by atoms with Gasteiger partial charge in [-0.25, -0.2) is 13.1 Å². The summed E-state index contributed by atoms with van der Waals surface area (Å²) in [6, 6.07) is 6.81. The zero-order valence-electron chi connectivity index (χ0n) is 11.5. The Hall–Kier alpha value is -1.11. The molecular weight excluding hydrogens is 264 g/mol. The molecule has 2 N–H and O–H groups in total. The largest absolute Gasteiger partial charge is 0.396 e.